The maximum atomic E-state index is 13.0. The Kier molecular flexibility index (Phi) is 3.75. The Morgan fingerprint density at radius 3 is 2.95 bits per heavy atom. The van der Waals surface area contributed by atoms with Gasteiger partial charge in [-0.05, 0) is 49.9 Å². The highest BCUT2D eigenvalue weighted by molar-refractivity contribution is 5.78. The lowest BCUT2D eigenvalue weighted by molar-refractivity contribution is -0.145. The molecule has 1 aliphatic carbocycles. The van der Waals surface area contributed by atoms with Gasteiger partial charge >= 0.3 is 5.97 Å². The first kappa shape index (κ1) is 13.8. The Labute approximate surface area is 111 Å². The number of aryl methyl sites for hydroxylation is 1. The van der Waals surface area contributed by atoms with E-state index in [1.165, 1.54) is 12.1 Å². The molecule has 104 valence electrons. The summed E-state index contributed by atoms with van der Waals surface area (Å²) in [6, 6.07) is 4.29. The van der Waals surface area contributed by atoms with Gasteiger partial charge in [0.15, 0.2) is 0 Å². The summed E-state index contributed by atoms with van der Waals surface area (Å²) in [6.45, 7) is 1.76. The molecule has 2 atom stereocenters. The van der Waals surface area contributed by atoms with Crippen molar-refractivity contribution in [2.24, 2.45) is 5.73 Å². The molecule has 0 bridgehead atoms. The quantitative estimate of drug-likeness (QED) is 0.881. The van der Waals surface area contributed by atoms with Crippen molar-refractivity contribution in [1.29, 1.82) is 0 Å². The number of rotatable bonds is 3. The number of aliphatic carboxylic acids is 1. The van der Waals surface area contributed by atoms with Crippen LogP contribution in [-0.4, -0.2) is 22.7 Å². The second-order valence-corrected chi connectivity index (χ2v) is 5.21. The summed E-state index contributed by atoms with van der Waals surface area (Å²) in [7, 11) is 0. The third kappa shape index (κ3) is 3.04. The zero-order valence-electron chi connectivity index (χ0n) is 10.9. The summed E-state index contributed by atoms with van der Waals surface area (Å²) >= 11 is 0. The minimum absolute atomic E-state index is 0.237. The first-order chi connectivity index (χ1) is 8.90. The number of halogens is 1. The average molecular weight is 267 g/mol. The van der Waals surface area contributed by atoms with Crippen LogP contribution >= 0.6 is 0 Å². The van der Waals surface area contributed by atoms with Gasteiger partial charge in [0.1, 0.15) is 23.2 Å². The van der Waals surface area contributed by atoms with Gasteiger partial charge in [-0.1, -0.05) is 0 Å². The number of benzene rings is 1. The van der Waals surface area contributed by atoms with Crippen molar-refractivity contribution in [3.8, 4) is 5.75 Å². The minimum atomic E-state index is -1.21. The second-order valence-electron chi connectivity index (χ2n) is 5.21. The van der Waals surface area contributed by atoms with E-state index in [2.05, 4.69) is 0 Å². The number of carboxylic acids is 1. The molecule has 3 N–H and O–H groups in total. The minimum Gasteiger partial charge on any atom is -0.490 e. The Hall–Kier alpha value is -1.62. The normalized spacial score (nSPS) is 27.0. The molecular weight excluding hydrogens is 249 g/mol. The van der Waals surface area contributed by atoms with Crippen molar-refractivity contribution >= 4 is 5.97 Å². The molecule has 19 heavy (non-hydrogen) atoms. The topological polar surface area (TPSA) is 72.5 Å². The monoisotopic (exact) mass is 267 g/mol. The largest absolute Gasteiger partial charge is 0.490 e. The van der Waals surface area contributed by atoms with Gasteiger partial charge in [-0.25, -0.2) is 4.39 Å². The molecule has 1 aromatic rings. The van der Waals surface area contributed by atoms with Crippen molar-refractivity contribution < 1.29 is 19.0 Å². The molecule has 1 aromatic carbocycles. The molecule has 2 unspecified atom stereocenters. The van der Waals surface area contributed by atoms with Crippen LogP contribution in [0.5, 0.6) is 5.75 Å². The Morgan fingerprint density at radius 1 is 1.58 bits per heavy atom. The van der Waals surface area contributed by atoms with E-state index >= 15 is 0 Å². The summed E-state index contributed by atoms with van der Waals surface area (Å²) in [5, 5.41) is 9.14. The predicted molar refractivity (Wildman–Crippen MR) is 68.6 cm³/mol. The second kappa shape index (κ2) is 5.17. The smallest absolute Gasteiger partial charge is 0.323 e. The van der Waals surface area contributed by atoms with Gasteiger partial charge in [0, 0.05) is 6.42 Å². The van der Waals surface area contributed by atoms with Crippen molar-refractivity contribution in [1.82, 2.24) is 0 Å². The standard InChI is InChI=1S/C14H18FNO3/c1-9-7-10(15)4-5-12(9)19-11-3-2-6-14(16,8-11)13(17)18/h4-5,7,11H,2-3,6,8,16H2,1H3,(H,17,18). The van der Waals surface area contributed by atoms with E-state index in [0.29, 0.717) is 24.2 Å². The van der Waals surface area contributed by atoms with Crippen LogP contribution < -0.4 is 10.5 Å². The average Bonchev–Trinajstić information content (AvgIpc) is 2.33. The van der Waals surface area contributed by atoms with Crippen LogP contribution in [-0.2, 0) is 4.79 Å². The Bertz CT molecular complexity index is 492. The van der Waals surface area contributed by atoms with Crippen LogP contribution in [0.4, 0.5) is 4.39 Å². The van der Waals surface area contributed by atoms with Gasteiger partial charge in [0.25, 0.3) is 0 Å². The van der Waals surface area contributed by atoms with Crippen LogP contribution in [0.25, 0.3) is 0 Å². The van der Waals surface area contributed by atoms with Crippen LogP contribution in [0.3, 0.4) is 0 Å². The molecular formula is C14H18FNO3. The van der Waals surface area contributed by atoms with E-state index in [9.17, 15) is 9.18 Å². The van der Waals surface area contributed by atoms with Crippen molar-refractivity contribution in [2.75, 3.05) is 0 Å². The van der Waals surface area contributed by atoms with Gasteiger partial charge in [-0.15, -0.1) is 0 Å². The number of carboxylic acid groups (broad SMARTS) is 1. The lowest BCUT2D eigenvalue weighted by Crippen LogP contribution is -2.53. The van der Waals surface area contributed by atoms with Crippen LogP contribution in [0.2, 0.25) is 0 Å². The van der Waals surface area contributed by atoms with Gasteiger partial charge in [-0.2, -0.15) is 0 Å². The highest BCUT2D eigenvalue weighted by Gasteiger charge is 2.40. The maximum Gasteiger partial charge on any atom is 0.323 e. The summed E-state index contributed by atoms with van der Waals surface area (Å²) in [4.78, 5) is 11.2. The molecule has 4 nitrogen and oxygen atoms in total. The first-order valence-corrected chi connectivity index (χ1v) is 6.36. The van der Waals surface area contributed by atoms with E-state index in [4.69, 9.17) is 15.6 Å². The fourth-order valence-corrected chi connectivity index (χ4v) is 2.48. The first-order valence-electron chi connectivity index (χ1n) is 6.36. The SMILES string of the molecule is Cc1cc(F)ccc1OC1CCCC(N)(C(=O)O)C1. The summed E-state index contributed by atoms with van der Waals surface area (Å²) < 4.78 is 18.8. The van der Waals surface area contributed by atoms with Gasteiger partial charge in [0.05, 0.1) is 0 Å². The predicted octanol–water partition coefficient (Wildman–Crippen LogP) is 2.24. The van der Waals surface area contributed by atoms with Crippen molar-refractivity contribution in [3.63, 3.8) is 0 Å². The number of carbonyl (C=O) groups is 1. The maximum absolute atomic E-state index is 13.0. The van der Waals surface area contributed by atoms with Crippen LogP contribution in [0, 0.1) is 12.7 Å². The summed E-state index contributed by atoms with van der Waals surface area (Å²) in [5.41, 5.74) is 5.35. The highest BCUT2D eigenvalue weighted by Crippen LogP contribution is 2.30. The molecule has 0 radical (unpaired) electrons. The van der Waals surface area contributed by atoms with E-state index in [-0.39, 0.29) is 18.3 Å². The molecule has 0 spiro atoms. The lowest BCUT2D eigenvalue weighted by atomic mass is 9.81. The van der Waals surface area contributed by atoms with Crippen LogP contribution in [0.1, 0.15) is 31.2 Å². The fourth-order valence-electron chi connectivity index (χ4n) is 2.48. The van der Waals surface area contributed by atoms with E-state index in [1.807, 2.05) is 0 Å². The van der Waals surface area contributed by atoms with E-state index in [0.717, 1.165) is 6.42 Å². The Balaban J connectivity index is 2.09. The lowest BCUT2D eigenvalue weighted by Gasteiger charge is -2.34. The molecule has 2 rings (SSSR count). The van der Waals surface area contributed by atoms with E-state index < -0.39 is 11.5 Å². The third-order valence-electron chi connectivity index (χ3n) is 3.60. The van der Waals surface area contributed by atoms with Crippen LogP contribution in [0.15, 0.2) is 18.2 Å². The molecule has 0 saturated heterocycles. The highest BCUT2D eigenvalue weighted by atomic mass is 19.1. The zero-order valence-corrected chi connectivity index (χ0v) is 10.9. The molecule has 1 saturated carbocycles. The molecule has 5 heteroatoms. The molecule has 0 aliphatic heterocycles. The van der Waals surface area contributed by atoms with Crippen molar-refractivity contribution in [2.45, 2.75) is 44.2 Å². The number of hydrogen-bond donors (Lipinski definition) is 2. The summed E-state index contributed by atoms with van der Waals surface area (Å²) in [6.07, 6.45) is 1.99. The molecule has 1 aliphatic rings. The Morgan fingerprint density at radius 2 is 2.32 bits per heavy atom. The third-order valence-corrected chi connectivity index (χ3v) is 3.60. The molecule has 0 aromatic heterocycles. The molecule has 1 fully saturated rings. The fraction of sp³-hybridized carbons (Fsp3) is 0.500. The van der Waals surface area contributed by atoms with E-state index in [1.54, 1.807) is 13.0 Å². The number of hydrogen-bond acceptors (Lipinski definition) is 3. The zero-order chi connectivity index (χ0) is 14.0. The van der Waals surface area contributed by atoms with Gasteiger partial charge < -0.3 is 15.6 Å². The molecule has 0 amide bonds. The summed E-state index contributed by atoms with van der Waals surface area (Å²) in [5.74, 6) is -0.718. The van der Waals surface area contributed by atoms with Gasteiger partial charge in [0.2, 0.25) is 0 Å². The van der Waals surface area contributed by atoms with Gasteiger partial charge in [-0.3, -0.25) is 4.79 Å². The molecule has 0 heterocycles. The van der Waals surface area contributed by atoms with Crippen molar-refractivity contribution in [3.05, 3.63) is 29.6 Å². The number of ether oxygens (including phenoxy) is 1. The number of nitrogens with two attached hydrogens (primary N) is 1.